The van der Waals surface area contributed by atoms with E-state index in [1.54, 1.807) is 0 Å². The predicted molar refractivity (Wildman–Crippen MR) is 101 cm³/mol. The fraction of sp³-hybridized carbons (Fsp3) is 0.727. The van der Waals surface area contributed by atoms with Gasteiger partial charge in [0.2, 0.25) is 0 Å². The van der Waals surface area contributed by atoms with Gasteiger partial charge in [-0.2, -0.15) is 0 Å². The van der Waals surface area contributed by atoms with Crippen molar-refractivity contribution in [2.45, 2.75) is 84.1 Å². The molecule has 1 aromatic carbocycles. The van der Waals surface area contributed by atoms with Crippen LogP contribution in [0.15, 0.2) is 30.3 Å². The summed E-state index contributed by atoms with van der Waals surface area (Å²) in [5.74, 6) is 0. The molecule has 1 aliphatic rings. The Labute approximate surface area is 144 Å². The van der Waals surface area contributed by atoms with Crippen molar-refractivity contribution in [3.63, 3.8) is 0 Å². The Morgan fingerprint density at radius 2 is 1.30 bits per heavy atom. The predicted octanol–water partition coefficient (Wildman–Crippen LogP) is 6.33. The molecule has 1 fully saturated rings. The monoisotopic (exact) mass is 316 g/mol. The molecule has 0 spiro atoms. The van der Waals surface area contributed by atoms with E-state index in [0.717, 1.165) is 0 Å². The molecule has 0 aromatic heterocycles. The van der Waals surface area contributed by atoms with Crippen LogP contribution in [0, 0.1) is 0 Å². The molecule has 0 amide bonds. The molecule has 1 nitrogen and oxygen atoms in total. The van der Waals surface area contributed by atoms with Crippen molar-refractivity contribution in [3.8, 4) is 0 Å². The van der Waals surface area contributed by atoms with E-state index in [-0.39, 0.29) is 0 Å². The molecule has 1 heteroatoms. The van der Waals surface area contributed by atoms with Gasteiger partial charge in [-0.15, -0.1) is 0 Å². The zero-order valence-corrected chi connectivity index (χ0v) is 15.4. The summed E-state index contributed by atoms with van der Waals surface area (Å²) in [7, 11) is 0. The average molecular weight is 317 g/mol. The fourth-order valence-corrected chi connectivity index (χ4v) is 4.20. The highest BCUT2D eigenvalue weighted by atomic mass is 15.4. The number of unbranched alkanes of at least 4 members (excludes halogenated alkanes) is 8. The summed E-state index contributed by atoms with van der Waals surface area (Å²) in [4.78, 5) is 0. The Morgan fingerprint density at radius 1 is 0.739 bits per heavy atom. The molecule has 23 heavy (non-hydrogen) atoms. The SMILES string of the molecule is CCCCCCCCCCC[N+]1(Cc2ccccc2)CCCC1. The number of hydrogen-bond donors (Lipinski definition) is 0. The number of benzene rings is 1. The van der Waals surface area contributed by atoms with Crippen LogP contribution >= 0.6 is 0 Å². The molecule has 1 aliphatic heterocycles. The summed E-state index contributed by atoms with van der Waals surface area (Å²) in [5.41, 5.74) is 1.53. The lowest BCUT2D eigenvalue weighted by molar-refractivity contribution is -0.930. The van der Waals surface area contributed by atoms with Crippen LogP contribution in [0.1, 0.15) is 83.1 Å². The van der Waals surface area contributed by atoms with Crippen LogP contribution in [0.25, 0.3) is 0 Å². The minimum Gasteiger partial charge on any atom is -0.320 e. The molecular formula is C22H38N+. The van der Waals surface area contributed by atoms with Gasteiger partial charge in [-0.05, 0) is 12.8 Å². The Balaban J connectivity index is 1.61. The first kappa shape index (κ1) is 18.5. The lowest BCUT2D eigenvalue weighted by Crippen LogP contribution is -2.45. The van der Waals surface area contributed by atoms with E-state index >= 15 is 0 Å². The third-order valence-corrected chi connectivity index (χ3v) is 5.61. The fourth-order valence-electron chi connectivity index (χ4n) is 4.20. The van der Waals surface area contributed by atoms with Gasteiger partial charge < -0.3 is 4.48 Å². The summed E-state index contributed by atoms with van der Waals surface area (Å²) in [6.45, 7) is 7.78. The molecule has 2 rings (SSSR count). The van der Waals surface area contributed by atoms with Gasteiger partial charge in [-0.3, -0.25) is 0 Å². The highest BCUT2D eigenvalue weighted by Crippen LogP contribution is 2.25. The number of quaternary nitrogens is 1. The highest BCUT2D eigenvalue weighted by Gasteiger charge is 2.31. The highest BCUT2D eigenvalue weighted by molar-refractivity contribution is 5.13. The maximum atomic E-state index is 2.31. The zero-order chi connectivity index (χ0) is 16.2. The minimum atomic E-state index is 1.26. The minimum absolute atomic E-state index is 1.26. The van der Waals surface area contributed by atoms with Crippen LogP contribution in [0.4, 0.5) is 0 Å². The molecule has 1 heterocycles. The van der Waals surface area contributed by atoms with Crippen molar-refractivity contribution < 1.29 is 4.48 Å². The van der Waals surface area contributed by atoms with E-state index < -0.39 is 0 Å². The van der Waals surface area contributed by atoms with Gasteiger partial charge in [0.05, 0.1) is 19.6 Å². The van der Waals surface area contributed by atoms with Crippen LogP contribution in [0.5, 0.6) is 0 Å². The van der Waals surface area contributed by atoms with Crippen molar-refractivity contribution in [2.24, 2.45) is 0 Å². The maximum absolute atomic E-state index is 2.31. The molecule has 1 saturated heterocycles. The van der Waals surface area contributed by atoms with E-state index in [9.17, 15) is 0 Å². The molecule has 0 radical (unpaired) electrons. The van der Waals surface area contributed by atoms with Crippen molar-refractivity contribution >= 4 is 0 Å². The third kappa shape index (κ3) is 7.08. The standard InChI is InChI=1S/C22H38N/c1-2-3-4-5-6-7-8-9-13-18-23(19-14-15-20-23)21-22-16-11-10-12-17-22/h10-12,16-17H,2-9,13-15,18-21H2,1H3/q+1. The Kier molecular flexibility index (Phi) is 8.74. The number of rotatable bonds is 12. The normalized spacial score (nSPS) is 16.7. The average Bonchev–Trinajstić information content (AvgIpc) is 3.03. The van der Waals surface area contributed by atoms with Gasteiger partial charge in [0.15, 0.2) is 0 Å². The van der Waals surface area contributed by atoms with E-state index in [1.165, 1.54) is 107 Å². The Hall–Kier alpha value is -0.820. The summed E-state index contributed by atoms with van der Waals surface area (Å²) < 4.78 is 1.36. The molecule has 0 aliphatic carbocycles. The maximum Gasteiger partial charge on any atom is 0.104 e. The largest absolute Gasteiger partial charge is 0.320 e. The number of likely N-dealkylation sites (tertiary alicyclic amines) is 1. The third-order valence-electron chi connectivity index (χ3n) is 5.61. The van der Waals surface area contributed by atoms with E-state index in [1.807, 2.05) is 0 Å². The van der Waals surface area contributed by atoms with Gasteiger partial charge in [-0.25, -0.2) is 0 Å². The second kappa shape index (κ2) is 10.9. The van der Waals surface area contributed by atoms with Crippen LogP contribution in [-0.2, 0) is 6.54 Å². The van der Waals surface area contributed by atoms with Crippen molar-refractivity contribution in [2.75, 3.05) is 19.6 Å². The van der Waals surface area contributed by atoms with Crippen LogP contribution in [0.3, 0.4) is 0 Å². The summed E-state index contributed by atoms with van der Waals surface area (Å²) in [6.07, 6.45) is 15.8. The summed E-state index contributed by atoms with van der Waals surface area (Å²) >= 11 is 0. The van der Waals surface area contributed by atoms with Gasteiger partial charge in [0.1, 0.15) is 6.54 Å². The number of hydrogen-bond acceptors (Lipinski definition) is 0. The van der Waals surface area contributed by atoms with Gasteiger partial charge in [0.25, 0.3) is 0 Å². The van der Waals surface area contributed by atoms with Crippen molar-refractivity contribution in [1.82, 2.24) is 0 Å². The molecular weight excluding hydrogens is 278 g/mol. The quantitative estimate of drug-likeness (QED) is 0.312. The molecule has 0 unspecified atom stereocenters. The molecule has 130 valence electrons. The lowest BCUT2D eigenvalue weighted by Gasteiger charge is -2.34. The first-order chi connectivity index (χ1) is 11.3. The smallest absolute Gasteiger partial charge is 0.104 e. The van der Waals surface area contributed by atoms with Crippen molar-refractivity contribution in [1.29, 1.82) is 0 Å². The molecule has 0 atom stereocenters. The Bertz CT molecular complexity index is 392. The Morgan fingerprint density at radius 3 is 1.91 bits per heavy atom. The van der Waals surface area contributed by atoms with Crippen LogP contribution in [0.2, 0.25) is 0 Å². The summed E-state index contributed by atoms with van der Waals surface area (Å²) in [6, 6.07) is 11.2. The second-order valence-corrected chi connectivity index (χ2v) is 7.69. The van der Waals surface area contributed by atoms with Crippen LogP contribution in [-0.4, -0.2) is 24.1 Å². The van der Waals surface area contributed by atoms with E-state index in [0.29, 0.717) is 0 Å². The first-order valence-corrected chi connectivity index (χ1v) is 10.2. The second-order valence-electron chi connectivity index (χ2n) is 7.69. The lowest BCUT2D eigenvalue weighted by atomic mass is 10.1. The molecule has 1 aromatic rings. The van der Waals surface area contributed by atoms with Gasteiger partial charge >= 0.3 is 0 Å². The van der Waals surface area contributed by atoms with E-state index in [2.05, 4.69) is 37.3 Å². The zero-order valence-electron chi connectivity index (χ0n) is 15.4. The summed E-state index contributed by atoms with van der Waals surface area (Å²) in [5, 5.41) is 0. The van der Waals surface area contributed by atoms with Gasteiger partial charge in [0, 0.05) is 18.4 Å². The van der Waals surface area contributed by atoms with E-state index in [4.69, 9.17) is 0 Å². The number of nitrogens with zero attached hydrogens (tertiary/aromatic N) is 1. The molecule has 0 N–H and O–H groups in total. The van der Waals surface area contributed by atoms with Gasteiger partial charge in [-0.1, -0.05) is 82.2 Å². The first-order valence-electron chi connectivity index (χ1n) is 10.2. The molecule has 0 saturated carbocycles. The topological polar surface area (TPSA) is 0 Å². The van der Waals surface area contributed by atoms with Crippen LogP contribution < -0.4 is 0 Å². The molecule has 0 bridgehead atoms. The van der Waals surface area contributed by atoms with Crippen molar-refractivity contribution in [3.05, 3.63) is 35.9 Å².